The molecule has 0 bridgehead atoms. The van der Waals surface area contributed by atoms with Crippen LogP contribution >= 0.6 is 0 Å². The van der Waals surface area contributed by atoms with E-state index < -0.39 is 0 Å². The van der Waals surface area contributed by atoms with Gasteiger partial charge in [-0.15, -0.1) is 0 Å². The minimum absolute atomic E-state index is 0.719. The number of para-hydroxylation sites is 1. The van der Waals surface area contributed by atoms with Gasteiger partial charge in [-0.3, -0.25) is 0 Å². The molecule has 24 heavy (non-hydrogen) atoms. The van der Waals surface area contributed by atoms with Crippen molar-refractivity contribution in [1.82, 2.24) is 10.2 Å². The number of piperidine rings is 1. The van der Waals surface area contributed by atoms with E-state index in [0.29, 0.717) is 0 Å². The van der Waals surface area contributed by atoms with Crippen molar-refractivity contribution in [3.05, 3.63) is 30.3 Å². The molecule has 0 spiro atoms. The number of unbranched alkanes of at least 4 members (excludes halogenated alkanes) is 2. The van der Waals surface area contributed by atoms with E-state index in [9.17, 15) is 0 Å². The molecule has 1 N–H and O–H groups in total. The van der Waals surface area contributed by atoms with E-state index in [1.54, 1.807) is 0 Å². The molecular formula is C21H37N3. The molecule has 1 unspecified atom stereocenters. The summed E-state index contributed by atoms with van der Waals surface area (Å²) in [5.41, 5.74) is 1.38. The molecule has 1 aromatic carbocycles. The molecule has 136 valence electrons. The molecule has 1 atom stereocenters. The van der Waals surface area contributed by atoms with Gasteiger partial charge < -0.3 is 15.1 Å². The fourth-order valence-electron chi connectivity index (χ4n) is 3.62. The van der Waals surface area contributed by atoms with Crippen molar-refractivity contribution in [3.63, 3.8) is 0 Å². The number of benzene rings is 1. The first kappa shape index (κ1) is 19.3. The van der Waals surface area contributed by atoms with Gasteiger partial charge >= 0.3 is 0 Å². The highest BCUT2D eigenvalue weighted by atomic mass is 15.2. The zero-order valence-electron chi connectivity index (χ0n) is 15.8. The van der Waals surface area contributed by atoms with Crippen molar-refractivity contribution in [2.45, 2.75) is 58.4 Å². The molecule has 3 nitrogen and oxygen atoms in total. The highest BCUT2D eigenvalue weighted by Crippen LogP contribution is 2.23. The Morgan fingerprint density at radius 2 is 1.75 bits per heavy atom. The summed E-state index contributed by atoms with van der Waals surface area (Å²) in [4.78, 5) is 5.08. The predicted octanol–water partition coefficient (Wildman–Crippen LogP) is 4.15. The van der Waals surface area contributed by atoms with Crippen LogP contribution in [-0.4, -0.2) is 50.2 Å². The predicted molar refractivity (Wildman–Crippen MR) is 106 cm³/mol. The minimum atomic E-state index is 0.719. The summed E-state index contributed by atoms with van der Waals surface area (Å²) in [6, 6.07) is 11.5. The van der Waals surface area contributed by atoms with Gasteiger partial charge in [0.1, 0.15) is 0 Å². The highest BCUT2D eigenvalue weighted by molar-refractivity contribution is 5.47. The van der Waals surface area contributed by atoms with Crippen LogP contribution in [0.2, 0.25) is 0 Å². The monoisotopic (exact) mass is 331 g/mol. The second kappa shape index (κ2) is 11.5. The van der Waals surface area contributed by atoms with Crippen LogP contribution in [0.15, 0.2) is 30.3 Å². The normalized spacial score (nSPS) is 21.9. The van der Waals surface area contributed by atoms with Gasteiger partial charge in [0.15, 0.2) is 0 Å². The van der Waals surface area contributed by atoms with Gasteiger partial charge in [0.25, 0.3) is 0 Å². The van der Waals surface area contributed by atoms with E-state index in [4.69, 9.17) is 0 Å². The van der Waals surface area contributed by atoms with Crippen molar-refractivity contribution < 1.29 is 0 Å². The fourth-order valence-corrected chi connectivity index (χ4v) is 3.62. The Labute approximate surface area is 149 Å². The minimum Gasteiger partial charge on any atom is -0.369 e. The molecule has 3 rings (SSSR count). The molecule has 2 saturated heterocycles. The molecule has 1 aromatic rings. The second-order valence-corrected chi connectivity index (χ2v) is 7.17. The van der Waals surface area contributed by atoms with Crippen molar-refractivity contribution in [1.29, 1.82) is 0 Å². The van der Waals surface area contributed by atoms with E-state index in [-0.39, 0.29) is 0 Å². The number of rotatable bonds is 5. The topological polar surface area (TPSA) is 18.5 Å². The van der Waals surface area contributed by atoms with Gasteiger partial charge in [-0.25, -0.2) is 0 Å². The van der Waals surface area contributed by atoms with Crippen LogP contribution in [0.25, 0.3) is 0 Å². The van der Waals surface area contributed by atoms with E-state index >= 15 is 0 Å². The first-order chi connectivity index (χ1) is 11.8. The Balaban J connectivity index is 0.000000177. The van der Waals surface area contributed by atoms with Crippen molar-refractivity contribution in [2.75, 3.05) is 44.2 Å². The second-order valence-electron chi connectivity index (χ2n) is 7.17. The molecule has 0 saturated carbocycles. The molecule has 2 aliphatic heterocycles. The number of nitrogens with zero attached hydrogens (tertiary/aromatic N) is 2. The Morgan fingerprint density at radius 1 is 1.00 bits per heavy atom. The summed E-state index contributed by atoms with van der Waals surface area (Å²) in [7, 11) is 0. The van der Waals surface area contributed by atoms with Crippen LogP contribution in [-0.2, 0) is 0 Å². The summed E-state index contributed by atoms with van der Waals surface area (Å²) in [6.45, 7) is 12.0. The van der Waals surface area contributed by atoms with Gasteiger partial charge in [-0.2, -0.15) is 0 Å². The van der Waals surface area contributed by atoms with Crippen molar-refractivity contribution >= 4 is 5.69 Å². The maximum atomic E-state index is 3.36. The number of piperazine rings is 1. The lowest BCUT2D eigenvalue weighted by atomic mass is 10.0. The lowest BCUT2D eigenvalue weighted by molar-refractivity contribution is 0.236. The lowest BCUT2D eigenvalue weighted by Gasteiger charge is -2.35. The number of anilines is 1. The zero-order chi connectivity index (χ0) is 17.0. The lowest BCUT2D eigenvalue weighted by Crippen LogP contribution is -2.43. The third-order valence-corrected chi connectivity index (χ3v) is 5.18. The number of hydrogen-bond donors (Lipinski definition) is 1. The fraction of sp³-hybridized carbons (Fsp3) is 0.714. The standard InChI is InChI=1S/C12H17N.C9H20N2/c1-11-7-5-6-10-13(11)12-8-3-2-4-9-12;1-2-3-4-7-11-8-5-10-6-9-11/h2-4,8-9,11H,5-7,10H2,1H3;10H,2-9H2,1H3. The third kappa shape index (κ3) is 6.82. The molecule has 2 fully saturated rings. The Morgan fingerprint density at radius 3 is 2.42 bits per heavy atom. The van der Waals surface area contributed by atoms with Crippen LogP contribution < -0.4 is 10.2 Å². The molecule has 2 aliphatic rings. The van der Waals surface area contributed by atoms with E-state index in [0.717, 1.165) is 6.04 Å². The average Bonchev–Trinajstić information content (AvgIpc) is 2.65. The maximum absolute atomic E-state index is 3.36. The van der Waals surface area contributed by atoms with Crippen LogP contribution in [0, 0.1) is 0 Å². The van der Waals surface area contributed by atoms with Gasteiger partial charge in [0.2, 0.25) is 0 Å². The van der Waals surface area contributed by atoms with Crippen LogP contribution in [0.5, 0.6) is 0 Å². The Bertz CT molecular complexity index is 414. The van der Waals surface area contributed by atoms with Gasteiger partial charge in [0, 0.05) is 44.5 Å². The largest absolute Gasteiger partial charge is 0.369 e. The average molecular weight is 332 g/mol. The third-order valence-electron chi connectivity index (χ3n) is 5.18. The summed E-state index contributed by atoms with van der Waals surface area (Å²) < 4.78 is 0. The van der Waals surface area contributed by atoms with Gasteiger partial charge in [-0.05, 0) is 51.3 Å². The van der Waals surface area contributed by atoms with Crippen molar-refractivity contribution in [2.24, 2.45) is 0 Å². The molecule has 2 heterocycles. The van der Waals surface area contributed by atoms with Gasteiger partial charge in [0.05, 0.1) is 0 Å². The smallest absolute Gasteiger partial charge is 0.0368 e. The zero-order valence-corrected chi connectivity index (χ0v) is 15.8. The van der Waals surface area contributed by atoms with Crippen molar-refractivity contribution in [3.8, 4) is 0 Å². The SMILES string of the molecule is CC1CCCCN1c1ccccc1.CCCCCN1CCNCC1. The summed E-state index contributed by atoms with van der Waals surface area (Å²) in [5.74, 6) is 0. The number of hydrogen-bond acceptors (Lipinski definition) is 3. The molecule has 3 heteroatoms. The molecule has 0 amide bonds. The Hall–Kier alpha value is -1.06. The van der Waals surface area contributed by atoms with Gasteiger partial charge in [-0.1, -0.05) is 38.0 Å². The van der Waals surface area contributed by atoms with Crippen LogP contribution in [0.1, 0.15) is 52.4 Å². The number of nitrogens with one attached hydrogen (secondary N) is 1. The summed E-state index contributed by atoms with van der Waals surface area (Å²) >= 11 is 0. The van der Waals surface area contributed by atoms with Crippen LogP contribution in [0.4, 0.5) is 5.69 Å². The van der Waals surface area contributed by atoms with E-state index in [2.05, 4.69) is 59.3 Å². The van der Waals surface area contributed by atoms with E-state index in [1.807, 2.05) is 0 Å². The van der Waals surface area contributed by atoms with Crippen LogP contribution in [0.3, 0.4) is 0 Å². The molecule has 0 aromatic heterocycles. The molecule has 0 radical (unpaired) electrons. The summed E-state index contributed by atoms with van der Waals surface area (Å²) in [5, 5.41) is 3.36. The summed E-state index contributed by atoms with van der Waals surface area (Å²) in [6.07, 6.45) is 8.20. The van der Waals surface area contributed by atoms with E-state index in [1.165, 1.54) is 83.5 Å². The molecular weight excluding hydrogens is 294 g/mol. The molecule has 0 aliphatic carbocycles. The first-order valence-electron chi connectivity index (χ1n) is 10.1. The Kier molecular flexibility index (Phi) is 9.22. The maximum Gasteiger partial charge on any atom is 0.0368 e. The quantitative estimate of drug-likeness (QED) is 0.818. The highest BCUT2D eigenvalue weighted by Gasteiger charge is 2.17. The first-order valence-corrected chi connectivity index (χ1v) is 10.1.